The maximum atomic E-state index is 15.2. The van der Waals surface area contributed by atoms with Crippen molar-refractivity contribution in [2.45, 2.75) is 39.8 Å². The summed E-state index contributed by atoms with van der Waals surface area (Å²) in [5, 5.41) is 13.6. The Labute approximate surface area is 189 Å². The Bertz CT molecular complexity index is 1340. The van der Waals surface area contributed by atoms with Gasteiger partial charge in [-0.25, -0.2) is 13.6 Å². The number of aliphatic hydroxyl groups excluding tert-OH is 1. The van der Waals surface area contributed by atoms with E-state index in [2.05, 4.69) is 11.7 Å². The first-order valence-corrected chi connectivity index (χ1v) is 10.5. The van der Waals surface area contributed by atoms with Crippen molar-refractivity contribution < 1.29 is 18.7 Å². The second kappa shape index (κ2) is 8.40. The SMILES string of the molecule is C=C(C)[C@H]1CN(c2cc(C)ccc2F)C(=O)c2cc(F)c(-n3nc(CO)n(CC)c3=O)cc21. The number of anilines is 1. The fourth-order valence-corrected chi connectivity index (χ4v) is 4.21. The number of aliphatic hydroxyl groups is 1. The van der Waals surface area contributed by atoms with Crippen molar-refractivity contribution in [1.29, 1.82) is 0 Å². The molecular formula is C24H24F2N4O3. The molecule has 7 nitrogen and oxygen atoms in total. The quantitative estimate of drug-likeness (QED) is 0.599. The monoisotopic (exact) mass is 454 g/mol. The fraction of sp³-hybridized carbons (Fsp3) is 0.292. The minimum atomic E-state index is -0.832. The average molecular weight is 454 g/mol. The highest BCUT2D eigenvalue weighted by Crippen LogP contribution is 2.38. The Hall–Kier alpha value is -3.59. The number of halogens is 2. The van der Waals surface area contributed by atoms with Crippen molar-refractivity contribution in [2.24, 2.45) is 0 Å². The lowest BCUT2D eigenvalue weighted by atomic mass is 9.84. The summed E-state index contributed by atoms with van der Waals surface area (Å²) in [6.07, 6.45) is 0. The lowest BCUT2D eigenvalue weighted by Gasteiger charge is -2.35. The maximum Gasteiger partial charge on any atom is 0.350 e. The zero-order valence-corrected chi connectivity index (χ0v) is 18.6. The molecule has 0 spiro atoms. The molecule has 1 N–H and O–H groups in total. The summed E-state index contributed by atoms with van der Waals surface area (Å²) in [6.45, 7) is 9.19. The minimum Gasteiger partial charge on any atom is -0.388 e. The minimum absolute atomic E-state index is 0.0711. The Morgan fingerprint density at radius 2 is 1.91 bits per heavy atom. The van der Waals surface area contributed by atoms with Crippen LogP contribution in [0.1, 0.15) is 47.1 Å². The Balaban J connectivity index is 1.90. The number of nitrogens with zero attached hydrogens (tertiary/aromatic N) is 4. The third-order valence-corrected chi connectivity index (χ3v) is 5.95. The number of benzene rings is 2. The average Bonchev–Trinajstić information content (AvgIpc) is 3.10. The van der Waals surface area contributed by atoms with Crippen molar-refractivity contribution in [3.63, 3.8) is 0 Å². The smallest absolute Gasteiger partial charge is 0.350 e. The molecule has 0 fully saturated rings. The largest absolute Gasteiger partial charge is 0.388 e. The van der Waals surface area contributed by atoms with E-state index in [-0.39, 0.29) is 35.9 Å². The molecule has 0 radical (unpaired) electrons. The number of carbonyl (C=O) groups excluding carboxylic acids is 1. The lowest BCUT2D eigenvalue weighted by molar-refractivity contribution is 0.0976. The van der Waals surface area contributed by atoms with Gasteiger partial charge in [0.1, 0.15) is 23.9 Å². The molecule has 3 aromatic rings. The lowest BCUT2D eigenvalue weighted by Crippen LogP contribution is -2.41. The summed E-state index contributed by atoms with van der Waals surface area (Å²) >= 11 is 0. The zero-order valence-electron chi connectivity index (χ0n) is 18.6. The number of hydrogen-bond acceptors (Lipinski definition) is 4. The van der Waals surface area contributed by atoms with Crippen molar-refractivity contribution in [3.05, 3.63) is 87.1 Å². The summed E-state index contributed by atoms with van der Waals surface area (Å²) in [7, 11) is 0. The third-order valence-electron chi connectivity index (χ3n) is 5.95. The van der Waals surface area contributed by atoms with Crippen molar-refractivity contribution in [1.82, 2.24) is 14.3 Å². The van der Waals surface area contributed by atoms with E-state index in [1.165, 1.54) is 21.6 Å². The Kier molecular flexibility index (Phi) is 5.75. The molecule has 0 unspecified atom stereocenters. The topological polar surface area (TPSA) is 80.4 Å². The summed E-state index contributed by atoms with van der Waals surface area (Å²) in [5.74, 6) is -2.24. The number of aryl methyl sites for hydroxylation is 1. The first-order valence-electron chi connectivity index (χ1n) is 10.5. The van der Waals surface area contributed by atoms with Gasteiger partial charge in [0.25, 0.3) is 5.91 Å². The highest BCUT2D eigenvalue weighted by molar-refractivity contribution is 6.09. The Morgan fingerprint density at radius 3 is 2.52 bits per heavy atom. The second-order valence-electron chi connectivity index (χ2n) is 8.17. The van der Waals surface area contributed by atoms with Gasteiger partial charge < -0.3 is 10.0 Å². The second-order valence-corrected chi connectivity index (χ2v) is 8.17. The van der Waals surface area contributed by atoms with Gasteiger partial charge in [0.2, 0.25) is 0 Å². The summed E-state index contributed by atoms with van der Waals surface area (Å²) in [5.41, 5.74) is 1.42. The number of rotatable bonds is 5. The van der Waals surface area contributed by atoms with Crippen molar-refractivity contribution in [2.75, 3.05) is 11.4 Å². The van der Waals surface area contributed by atoms with Crippen molar-refractivity contribution >= 4 is 11.6 Å². The van der Waals surface area contributed by atoms with E-state index in [0.29, 0.717) is 11.1 Å². The predicted molar refractivity (Wildman–Crippen MR) is 120 cm³/mol. The van der Waals surface area contributed by atoms with Gasteiger partial charge in [0, 0.05) is 24.6 Å². The van der Waals surface area contributed by atoms with Crippen LogP contribution in [0.4, 0.5) is 14.5 Å². The van der Waals surface area contributed by atoms with Crippen LogP contribution in [0.15, 0.2) is 47.3 Å². The fourth-order valence-electron chi connectivity index (χ4n) is 4.21. The van der Waals surface area contributed by atoms with Gasteiger partial charge in [0.15, 0.2) is 5.82 Å². The van der Waals surface area contributed by atoms with E-state index in [9.17, 15) is 19.1 Å². The van der Waals surface area contributed by atoms with Gasteiger partial charge in [-0.3, -0.25) is 9.36 Å². The normalized spacial score (nSPS) is 15.6. The molecule has 0 bridgehead atoms. The van der Waals surface area contributed by atoms with Crippen LogP contribution in [0.3, 0.4) is 0 Å². The van der Waals surface area contributed by atoms with Crippen LogP contribution in [-0.2, 0) is 13.2 Å². The summed E-state index contributed by atoms with van der Waals surface area (Å²) in [4.78, 5) is 27.3. The number of fused-ring (bicyclic) bond motifs is 1. The predicted octanol–water partition coefficient (Wildman–Crippen LogP) is 3.45. The molecule has 4 rings (SSSR count). The van der Waals surface area contributed by atoms with E-state index >= 15 is 4.39 Å². The van der Waals surface area contributed by atoms with Crippen LogP contribution in [0.5, 0.6) is 0 Å². The molecule has 2 aromatic carbocycles. The molecule has 172 valence electrons. The highest BCUT2D eigenvalue weighted by atomic mass is 19.1. The number of aromatic nitrogens is 3. The van der Waals surface area contributed by atoms with Crippen LogP contribution >= 0.6 is 0 Å². The maximum absolute atomic E-state index is 15.2. The van der Waals surface area contributed by atoms with Gasteiger partial charge in [-0.1, -0.05) is 18.2 Å². The molecule has 33 heavy (non-hydrogen) atoms. The molecule has 0 saturated heterocycles. The van der Waals surface area contributed by atoms with E-state index in [1.807, 2.05) is 0 Å². The molecule has 0 aliphatic carbocycles. The number of amides is 1. The third kappa shape index (κ3) is 3.68. The van der Waals surface area contributed by atoms with Crippen LogP contribution < -0.4 is 10.6 Å². The van der Waals surface area contributed by atoms with Gasteiger partial charge >= 0.3 is 5.69 Å². The van der Waals surface area contributed by atoms with E-state index in [1.54, 1.807) is 32.9 Å². The van der Waals surface area contributed by atoms with Gasteiger partial charge in [-0.15, -0.1) is 5.10 Å². The van der Waals surface area contributed by atoms with Crippen LogP contribution in [0.2, 0.25) is 0 Å². The van der Waals surface area contributed by atoms with Crippen LogP contribution in [0.25, 0.3) is 5.69 Å². The standard InChI is InChI=1S/C24H24F2N4O3/c1-5-28-22(12-31)27-30(24(28)33)21-10-15-16(9-19(21)26)23(32)29(11-17(15)13(2)3)20-8-14(4)6-7-18(20)25/h6-10,17,31H,2,5,11-12H2,1,3-4H3/t17-/m1/s1. The van der Waals surface area contributed by atoms with Gasteiger partial charge in [-0.05, 0) is 56.2 Å². The molecule has 1 aliphatic rings. The van der Waals surface area contributed by atoms with Crippen LogP contribution in [-0.4, -0.2) is 31.9 Å². The first kappa shape index (κ1) is 22.6. The van der Waals surface area contributed by atoms with E-state index < -0.39 is 35.8 Å². The zero-order chi connectivity index (χ0) is 24.0. The Morgan fingerprint density at radius 1 is 1.18 bits per heavy atom. The number of carbonyl (C=O) groups is 1. The molecule has 1 atom stereocenters. The molecule has 1 aliphatic heterocycles. The molecule has 2 heterocycles. The molecular weight excluding hydrogens is 430 g/mol. The molecule has 1 amide bonds. The molecule has 0 saturated carbocycles. The van der Waals surface area contributed by atoms with Crippen molar-refractivity contribution in [3.8, 4) is 5.69 Å². The van der Waals surface area contributed by atoms with E-state index in [4.69, 9.17) is 0 Å². The molecule has 1 aromatic heterocycles. The first-order chi connectivity index (χ1) is 15.7. The van der Waals surface area contributed by atoms with Gasteiger partial charge in [0.05, 0.1) is 5.69 Å². The molecule has 9 heteroatoms. The summed E-state index contributed by atoms with van der Waals surface area (Å²) in [6, 6.07) is 6.95. The number of hydrogen-bond donors (Lipinski definition) is 1. The van der Waals surface area contributed by atoms with Gasteiger partial charge in [-0.2, -0.15) is 4.68 Å². The van der Waals surface area contributed by atoms with E-state index in [0.717, 1.165) is 16.3 Å². The summed E-state index contributed by atoms with van der Waals surface area (Å²) < 4.78 is 31.9. The highest BCUT2D eigenvalue weighted by Gasteiger charge is 2.35. The van der Waals surface area contributed by atoms with Crippen LogP contribution in [0, 0.1) is 18.6 Å².